The molecule has 0 spiro atoms. The molecule has 1 fully saturated rings. The van der Waals surface area contributed by atoms with E-state index in [1.807, 2.05) is 0 Å². The Morgan fingerprint density at radius 3 is 2.60 bits per heavy atom. The van der Waals surface area contributed by atoms with Crippen LogP contribution >= 0.6 is 15.9 Å². The Bertz CT molecular complexity index is 670. The average Bonchev–Trinajstić information content (AvgIpc) is 2.72. The van der Waals surface area contributed by atoms with Crippen molar-refractivity contribution in [1.82, 2.24) is 0 Å². The Balaban J connectivity index is 2.13. The first kappa shape index (κ1) is 15.0. The summed E-state index contributed by atoms with van der Waals surface area (Å²) in [5.41, 5.74) is 0.363. The van der Waals surface area contributed by atoms with E-state index in [4.69, 9.17) is 5.11 Å². The van der Waals surface area contributed by atoms with Gasteiger partial charge in [-0.3, -0.25) is 4.79 Å². The van der Waals surface area contributed by atoms with E-state index in [0.29, 0.717) is 16.6 Å². The summed E-state index contributed by atoms with van der Waals surface area (Å²) in [5, 5.41) is 11.5. The Morgan fingerprint density at radius 2 is 2.05 bits per heavy atom. The Morgan fingerprint density at radius 1 is 1.35 bits per heavy atom. The Labute approximate surface area is 124 Å². The van der Waals surface area contributed by atoms with Gasteiger partial charge in [0, 0.05) is 10.2 Å². The predicted molar refractivity (Wildman–Crippen MR) is 76.5 cm³/mol. The van der Waals surface area contributed by atoms with Gasteiger partial charge in [-0.05, 0) is 40.5 Å². The van der Waals surface area contributed by atoms with Crippen LogP contribution in [0.1, 0.15) is 16.8 Å². The standard InChI is InChI=1S/C12H12BrNO5S/c13-10-2-1-8(5-9(10)12(16)17)14-11(15)7-3-4-20(18,19)6-7/h1-2,5,7H,3-4,6H2,(H,14,15)(H,16,17). The normalized spacial score (nSPS) is 20.6. The van der Waals surface area contributed by atoms with Crippen molar-refractivity contribution in [3.8, 4) is 0 Å². The summed E-state index contributed by atoms with van der Waals surface area (Å²) in [4.78, 5) is 22.9. The monoisotopic (exact) mass is 361 g/mol. The first-order valence-electron chi connectivity index (χ1n) is 5.82. The van der Waals surface area contributed by atoms with Gasteiger partial charge in [-0.25, -0.2) is 13.2 Å². The minimum absolute atomic E-state index is 0.0196. The maximum atomic E-state index is 11.9. The Kier molecular flexibility index (Phi) is 4.14. The molecule has 1 aromatic carbocycles. The topological polar surface area (TPSA) is 101 Å². The van der Waals surface area contributed by atoms with Crippen LogP contribution in [0.5, 0.6) is 0 Å². The van der Waals surface area contributed by atoms with Crippen molar-refractivity contribution >= 4 is 43.3 Å². The van der Waals surface area contributed by atoms with Crippen molar-refractivity contribution in [2.75, 3.05) is 16.8 Å². The van der Waals surface area contributed by atoms with Gasteiger partial charge in [-0.2, -0.15) is 0 Å². The van der Waals surface area contributed by atoms with Gasteiger partial charge in [0.25, 0.3) is 0 Å². The predicted octanol–water partition coefficient (Wildman–Crippen LogP) is 1.52. The van der Waals surface area contributed by atoms with Crippen molar-refractivity contribution < 1.29 is 23.1 Å². The molecule has 1 aromatic rings. The lowest BCUT2D eigenvalue weighted by Gasteiger charge is -2.10. The lowest BCUT2D eigenvalue weighted by Crippen LogP contribution is -2.23. The SMILES string of the molecule is O=C(O)c1cc(NC(=O)C2CCS(=O)(=O)C2)ccc1Br. The molecule has 1 aliphatic heterocycles. The van der Waals surface area contributed by atoms with Crippen LogP contribution in [0.25, 0.3) is 0 Å². The zero-order valence-electron chi connectivity index (χ0n) is 10.3. The first-order valence-corrected chi connectivity index (χ1v) is 8.44. The number of rotatable bonds is 3. The molecule has 108 valence electrons. The number of hydrogen-bond donors (Lipinski definition) is 2. The molecule has 2 rings (SSSR count). The second-order valence-corrected chi connectivity index (χ2v) is 7.67. The summed E-state index contributed by atoms with van der Waals surface area (Å²) in [5.74, 6) is -2.22. The molecule has 20 heavy (non-hydrogen) atoms. The maximum Gasteiger partial charge on any atom is 0.336 e. The number of halogens is 1. The van der Waals surface area contributed by atoms with Gasteiger partial charge < -0.3 is 10.4 Å². The molecule has 1 amide bonds. The number of amides is 1. The number of benzene rings is 1. The number of nitrogens with one attached hydrogen (secondary N) is 1. The highest BCUT2D eigenvalue weighted by molar-refractivity contribution is 9.10. The van der Waals surface area contributed by atoms with Gasteiger partial charge in [-0.15, -0.1) is 0 Å². The molecule has 2 N–H and O–H groups in total. The van der Waals surface area contributed by atoms with Crippen LogP contribution in [0.15, 0.2) is 22.7 Å². The highest BCUT2D eigenvalue weighted by Gasteiger charge is 2.33. The summed E-state index contributed by atoms with van der Waals surface area (Å²) in [6.07, 6.45) is 0.302. The van der Waals surface area contributed by atoms with Gasteiger partial charge in [-0.1, -0.05) is 0 Å². The van der Waals surface area contributed by atoms with Gasteiger partial charge in [0.1, 0.15) is 0 Å². The molecule has 8 heteroatoms. The molecule has 6 nitrogen and oxygen atoms in total. The molecule has 0 aromatic heterocycles. The third-order valence-electron chi connectivity index (χ3n) is 3.07. The number of carbonyl (C=O) groups excluding carboxylic acids is 1. The highest BCUT2D eigenvalue weighted by atomic mass is 79.9. The highest BCUT2D eigenvalue weighted by Crippen LogP contribution is 2.24. The molecule has 1 aliphatic rings. The van der Waals surface area contributed by atoms with E-state index in [1.165, 1.54) is 12.1 Å². The number of aromatic carboxylic acids is 1. The third kappa shape index (κ3) is 3.37. The van der Waals surface area contributed by atoms with Crippen LogP contribution in [-0.2, 0) is 14.6 Å². The zero-order chi connectivity index (χ0) is 14.9. The summed E-state index contributed by atoms with van der Waals surface area (Å²) in [7, 11) is -3.12. The summed E-state index contributed by atoms with van der Waals surface area (Å²) >= 11 is 3.11. The molecule has 0 aliphatic carbocycles. The van der Waals surface area contributed by atoms with Crippen LogP contribution in [0.4, 0.5) is 5.69 Å². The summed E-state index contributed by atoms with van der Waals surface area (Å²) in [6, 6.07) is 4.40. The molecule has 1 atom stereocenters. The lowest BCUT2D eigenvalue weighted by atomic mass is 10.1. The van der Waals surface area contributed by atoms with Gasteiger partial charge in [0.15, 0.2) is 9.84 Å². The molecular formula is C12H12BrNO5S. The fraction of sp³-hybridized carbons (Fsp3) is 0.333. The molecule has 1 saturated heterocycles. The van der Waals surface area contributed by atoms with Crippen LogP contribution < -0.4 is 5.32 Å². The third-order valence-corrected chi connectivity index (χ3v) is 5.53. The molecule has 0 saturated carbocycles. The van der Waals surface area contributed by atoms with E-state index in [2.05, 4.69) is 21.2 Å². The second-order valence-electron chi connectivity index (χ2n) is 4.59. The minimum atomic E-state index is -3.12. The zero-order valence-corrected chi connectivity index (χ0v) is 12.7. The van der Waals surface area contributed by atoms with E-state index in [0.717, 1.165) is 0 Å². The van der Waals surface area contributed by atoms with Crippen molar-refractivity contribution in [2.24, 2.45) is 5.92 Å². The van der Waals surface area contributed by atoms with Crippen LogP contribution in [0.2, 0.25) is 0 Å². The van der Waals surface area contributed by atoms with E-state index in [-0.39, 0.29) is 17.1 Å². The number of hydrogen-bond acceptors (Lipinski definition) is 4. The van der Waals surface area contributed by atoms with Gasteiger partial charge >= 0.3 is 5.97 Å². The van der Waals surface area contributed by atoms with Crippen molar-refractivity contribution in [3.63, 3.8) is 0 Å². The minimum Gasteiger partial charge on any atom is -0.478 e. The van der Waals surface area contributed by atoms with Crippen molar-refractivity contribution in [1.29, 1.82) is 0 Å². The Hall–Kier alpha value is -1.41. The fourth-order valence-electron chi connectivity index (χ4n) is 2.01. The first-order chi connectivity index (χ1) is 9.28. The number of carbonyl (C=O) groups is 2. The second kappa shape index (κ2) is 5.53. The molecule has 0 radical (unpaired) electrons. The smallest absolute Gasteiger partial charge is 0.336 e. The molecular weight excluding hydrogens is 350 g/mol. The number of carboxylic acid groups (broad SMARTS) is 1. The van der Waals surface area contributed by atoms with E-state index < -0.39 is 27.6 Å². The largest absolute Gasteiger partial charge is 0.478 e. The average molecular weight is 362 g/mol. The molecule has 0 bridgehead atoms. The van der Waals surface area contributed by atoms with E-state index in [9.17, 15) is 18.0 Å². The number of sulfone groups is 1. The van der Waals surface area contributed by atoms with Crippen LogP contribution in [-0.4, -0.2) is 36.9 Å². The lowest BCUT2D eigenvalue weighted by molar-refractivity contribution is -0.119. The van der Waals surface area contributed by atoms with Crippen LogP contribution in [0.3, 0.4) is 0 Å². The van der Waals surface area contributed by atoms with E-state index in [1.54, 1.807) is 6.07 Å². The van der Waals surface area contributed by atoms with Crippen molar-refractivity contribution in [2.45, 2.75) is 6.42 Å². The number of carboxylic acids is 1. The summed E-state index contributed by atoms with van der Waals surface area (Å²) in [6.45, 7) is 0. The molecule has 1 heterocycles. The fourth-order valence-corrected chi connectivity index (χ4v) is 4.17. The van der Waals surface area contributed by atoms with Gasteiger partial charge in [0.2, 0.25) is 5.91 Å². The number of anilines is 1. The maximum absolute atomic E-state index is 11.9. The van der Waals surface area contributed by atoms with E-state index >= 15 is 0 Å². The van der Waals surface area contributed by atoms with Crippen LogP contribution in [0, 0.1) is 5.92 Å². The van der Waals surface area contributed by atoms with Gasteiger partial charge in [0.05, 0.1) is 23.0 Å². The quantitative estimate of drug-likeness (QED) is 0.849. The van der Waals surface area contributed by atoms with Crippen molar-refractivity contribution in [3.05, 3.63) is 28.2 Å². The molecule has 1 unspecified atom stereocenters. The summed E-state index contributed by atoms with van der Waals surface area (Å²) < 4.78 is 23.1.